The highest BCUT2D eigenvalue weighted by Crippen LogP contribution is 2.40. The molecule has 1 aromatic heterocycles. The van der Waals surface area contributed by atoms with Crippen LogP contribution >= 0.6 is 18.7 Å². The molecule has 0 fully saturated rings. The van der Waals surface area contributed by atoms with Crippen LogP contribution in [0.2, 0.25) is 5.02 Å². The normalized spacial score (nSPS) is 11.1. The Morgan fingerprint density at radius 1 is 1.17 bits per heavy atom. The van der Waals surface area contributed by atoms with Crippen molar-refractivity contribution in [3.63, 3.8) is 0 Å². The molecule has 0 aliphatic heterocycles. The molecule has 0 saturated carbocycles. The highest BCUT2D eigenvalue weighted by Gasteiger charge is 2.18. The van der Waals surface area contributed by atoms with Gasteiger partial charge in [-0.3, -0.25) is 0 Å². The summed E-state index contributed by atoms with van der Waals surface area (Å²) in [5.41, 5.74) is 1.99. The summed E-state index contributed by atoms with van der Waals surface area (Å²) in [6.45, 7) is 4.81. The molecule has 12 heteroatoms. The zero-order valence-electron chi connectivity index (χ0n) is 20.3. The van der Waals surface area contributed by atoms with Gasteiger partial charge in [0, 0.05) is 31.5 Å². The van der Waals surface area contributed by atoms with E-state index in [9.17, 15) is 9.47 Å². The molecular weight excluding hydrogens is 489 g/mol. The van der Waals surface area contributed by atoms with Crippen LogP contribution in [0.25, 0.3) is 0 Å². The maximum atomic E-state index is 12.7. The van der Waals surface area contributed by atoms with Crippen LogP contribution in [0.1, 0.15) is 0 Å². The number of ether oxygens (including phenoxy) is 1. The van der Waals surface area contributed by atoms with Gasteiger partial charge in [0.15, 0.2) is 5.82 Å². The van der Waals surface area contributed by atoms with E-state index in [0.717, 1.165) is 6.54 Å². The van der Waals surface area contributed by atoms with Crippen molar-refractivity contribution >= 4 is 58.6 Å². The van der Waals surface area contributed by atoms with Gasteiger partial charge in [-0.2, -0.15) is 4.98 Å². The summed E-state index contributed by atoms with van der Waals surface area (Å²) in [6, 6.07) is 10.6. The van der Waals surface area contributed by atoms with Gasteiger partial charge < -0.3 is 30.2 Å². The van der Waals surface area contributed by atoms with Crippen molar-refractivity contribution in [3.8, 4) is 5.75 Å². The number of halogens is 1. The molecule has 0 amide bonds. The Labute approximate surface area is 209 Å². The molecule has 0 aliphatic carbocycles. The smallest absolute Gasteiger partial charge is 0.229 e. The molecule has 0 spiro atoms. The lowest BCUT2D eigenvalue weighted by Crippen LogP contribution is -2.27. The predicted molar refractivity (Wildman–Crippen MR) is 145 cm³/mol. The van der Waals surface area contributed by atoms with E-state index in [2.05, 4.69) is 31.1 Å². The second-order valence-corrected chi connectivity index (χ2v) is 11.8. The largest absolute Gasteiger partial charge is 0.494 e. The molecule has 0 atom stereocenters. The van der Waals surface area contributed by atoms with Gasteiger partial charge in [0.2, 0.25) is 5.95 Å². The highest BCUT2D eigenvalue weighted by molar-refractivity contribution is 7.70. The van der Waals surface area contributed by atoms with Gasteiger partial charge in [-0.25, -0.2) is 4.98 Å². The van der Waals surface area contributed by atoms with Crippen LogP contribution < -0.4 is 30.9 Å². The third-order valence-corrected chi connectivity index (χ3v) is 7.06. The minimum absolute atomic E-state index is 0.219. The van der Waals surface area contributed by atoms with Crippen molar-refractivity contribution in [2.45, 2.75) is 0 Å². The number of nitrogens with zero attached hydrogens (tertiary/aromatic N) is 4. The standard InChI is InChI=1S/C23H29ClN7O3P/c1-25-10-11-31(2)19-13-20(34-3)18(12-17(19)30-32)28-23-26-14-15(24)22(29-23)27-16-8-6-7-9-21(16)35(4,5)33/h6-9,12-14,25H,10-11H2,1-5H3,(H2,26,27,28,29). The van der Waals surface area contributed by atoms with E-state index in [-0.39, 0.29) is 16.7 Å². The molecule has 3 N–H and O–H groups in total. The molecule has 186 valence electrons. The highest BCUT2D eigenvalue weighted by atomic mass is 35.5. The average molecular weight is 518 g/mol. The molecule has 1 heterocycles. The Kier molecular flexibility index (Phi) is 8.67. The van der Waals surface area contributed by atoms with Crippen LogP contribution in [0.5, 0.6) is 5.75 Å². The molecule has 2 aromatic carbocycles. The summed E-state index contributed by atoms with van der Waals surface area (Å²) in [5, 5.41) is 13.5. The van der Waals surface area contributed by atoms with Gasteiger partial charge in [-0.1, -0.05) is 23.7 Å². The van der Waals surface area contributed by atoms with Crippen molar-refractivity contribution < 1.29 is 9.30 Å². The maximum Gasteiger partial charge on any atom is 0.229 e. The first kappa shape index (κ1) is 26.4. The van der Waals surface area contributed by atoms with Gasteiger partial charge in [0.1, 0.15) is 23.6 Å². The number of likely N-dealkylation sites (N-methyl/N-ethyl adjacent to an activating group) is 2. The Morgan fingerprint density at radius 3 is 2.57 bits per heavy atom. The predicted octanol–water partition coefficient (Wildman–Crippen LogP) is 4.93. The molecule has 0 aliphatic rings. The van der Waals surface area contributed by atoms with Gasteiger partial charge in [0.05, 0.1) is 30.4 Å². The first-order chi connectivity index (χ1) is 16.7. The number of methoxy groups -OCH3 is 1. The van der Waals surface area contributed by atoms with Crippen LogP contribution in [-0.4, -0.2) is 57.6 Å². The molecule has 0 radical (unpaired) electrons. The van der Waals surface area contributed by atoms with E-state index in [1.807, 2.05) is 43.3 Å². The first-order valence-electron chi connectivity index (χ1n) is 10.8. The van der Waals surface area contributed by atoms with Crippen LogP contribution in [-0.2, 0) is 4.57 Å². The Balaban J connectivity index is 1.94. The van der Waals surface area contributed by atoms with Gasteiger partial charge >= 0.3 is 0 Å². The van der Waals surface area contributed by atoms with Gasteiger partial charge in [-0.05, 0) is 43.8 Å². The quantitative estimate of drug-likeness (QED) is 0.240. The van der Waals surface area contributed by atoms with E-state index >= 15 is 0 Å². The number of para-hydroxylation sites is 1. The van der Waals surface area contributed by atoms with E-state index in [4.69, 9.17) is 16.3 Å². The van der Waals surface area contributed by atoms with Crippen molar-refractivity contribution in [2.75, 3.05) is 63.2 Å². The summed E-state index contributed by atoms with van der Waals surface area (Å²) >= 11 is 6.34. The third-order valence-electron chi connectivity index (χ3n) is 5.23. The number of benzene rings is 2. The summed E-state index contributed by atoms with van der Waals surface area (Å²) in [5.74, 6) is 1.04. The number of hydrogen-bond donors (Lipinski definition) is 3. The average Bonchev–Trinajstić information content (AvgIpc) is 2.83. The molecule has 35 heavy (non-hydrogen) atoms. The second kappa shape index (κ2) is 11.5. The van der Waals surface area contributed by atoms with Crippen LogP contribution in [0.4, 0.5) is 34.5 Å². The van der Waals surface area contributed by atoms with Gasteiger partial charge in [0.25, 0.3) is 0 Å². The number of rotatable bonds is 11. The number of hydrogen-bond acceptors (Lipinski definition) is 10. The number of nitroso groups, excluding NO2 is 1. The van der Waals surface area contributed by atoms with E-state index in [1.54, 1.807) is 25.5 Å². The van der Waals surface area contributed by atoms with E-state index < -0.39 is 7.14 Å². The first-order valence-corrected chi connectivity index (χ1v) is 13.8. The lowest BCUT2D eigenvalue weighted by atomic mass is 10.2. The lowest BCUT2D eigenvalue weighted by molar-refractivity contribution is 0.417. The summed E-state index contributed by atoms with van der Waals surface area (Å²) in [7, 11) is 2.72. The fraction of sp³-hybridized carbons (Fsp3) is 0.304. The van der Waals surface area contributed by atoms with Gasteiger partial charge in [-0.15, -0.1) is 4.91 Å². The topological polar surface area (TPSA) is 121 Å². The summed E-state index contributed by atoms with van der Waals surface area (Å²) in [4.78, 5) is 22.2. The zero-order chi connectivity index (χ0) is 25.6. The molecular formula is C23H29ClN7O3P. The van der Waals surface area contributed by atoms with Crippen LogP contribution in [0.15, 0.2) is 47.8 Å². The second-order valence-electron chi connectivity index (χ2n) is 8.17. The maximum absolute atomic E-state index is 12.7. The molecule has 3 aromatic rings. The minimum Gasteiger partial charge on any atom is -0.494 e. The van der Waals surface area contributed by atoms with E-state index in [0.29, 0.717) is 40.5 Å². The monoisotopic (exact) mass is 517 g/mol. The SMILES string of the molecule is CNCCN(C)c1cc(OC)c(Nc2ncc(Cl)c(Nc3ccccc3P(C)(C)=O)n2)cc1N=O. The van der Waals surface area contributed by atoms with Crippen LogP contribution in [0.3, 0.4) is 0 Å². The fourth-order valence-electron chi connectivity index (χ4n) is 3.41. The molecule has 0 unspecified atom stereocenters. The lowest BCUT2D eigenvalue weighted by Gasteiger charge is -2.22. The Bertz CT molecular complexity index is 1250. The summed E-state index contributed by atoms with van der Waals surface area (Å²) in [6.07, 6.45) is 1.45. The van der Waals surface area contributed by atoms with Crippen molar-refractivity contribution in [1.82, 2.24) is 15.3 Å². The number of nitrogens with one attached hydrogen (secondary N) is 3. The van der Waals surface area contributed by atoms with Crippen molar-refractivity contribution in [1.29, 1.82) is 0 Å². The number of anilines is 5. The molecule has 3 rings (SSSR count). The third kappa shape index (κ3) is 6.48. The zero-order valence-corrected chi connectivity index (χ0v) is 21.9. The molecule has 0 saturated heterocycles. The summed E-state index contributed by atoms with van der Waals surface area (Å²) < 4.78 is 18.2. The molecule has 10 nitrogen and oxygen atoms in total. The minimum atomic E-state index is -2.54. The Morgan fingerprint density at radius 2 is 1.91 bits per heavy atom. The molecule has 0 bridgehead atoms. The fourth-order valence-corrected chi connectivity index (χ4v) is 4.71. The van der Waals surface area contributed by atoms with Crippen molar-refractivity contribution in [2.24, 2.45) is 5.18 Å². The van der Waals surface area contributed by atoms with Crippen molar-refractivity contribution in [3.05, 3.63) is 52.5 Å². The Hall–Kier alpha value is -3.20. The number of aromatic nitrogens is 2. The van der Waals surface area contributed by atoms with Crippen LogP contribution in [0, 0.1) is 4.91 Å². The van der Waals surface area contributed by atoms with E-state index in [1.165, 1.54) is 13.3 Å².